The highest BCUT2D eigenvalue weighted by molar-refractivity contribution is 5.80. The fourth-order valence-electron chi connectivity index (χ4n) is 2.15. The van der Waals surface area contributed by atoms with Gasteiger partial charge in [-0.2, -0.15) is 10.1 Å². The Balaban J connectivity index is 2.00. The smallest absolute Gasteiger partial charge is 0.263 e. The van der Waals surface area contributed by atoms with Gasteiger partial charge in [0, 0.05) is 6.54 Å². The molecule has 8 nitrogen and oxygen atoms in total. The van der Waals surface area contributed by atoms with Crippen molar-refractivity contribution in [3.05, 3.63) is 46.9 Å². The number of amides is 1. The molecule has 0 radical (unpaired) electrons. The molecule has 0 aliphatic heterocycles. The first-order chi connectivity index (χ1) is 11.4. The molecule has 0 unspecified atom stereocenters. The predicted molar refractivity (Wildman–Crippen MR) is 91.0 cm³/mol. The number of hydrogen-bond acceptors (Lipinski definition) is 5. The monoisotopic (exact) mass is 326 g/mol. The SMILES string of the molecule is CC(C)(CNc1nc2c(cnn2-c2ccccc2)c(=O)[nH]1)C(N)=O. The van der Waals surface area contributed by atoms with E-state index >= 15 is 0 Å². The molecule has 0 atom stereocenters. The molecule has 2 heterocycles. The fourth-order valence-corrected chi connectivity index (χ4v) is 2.15. The Kier molecular flexibility index (Phi) is 3.80. The lowest BCUT2D eigenvalue weighted by Crippen LogP contribution is -2.37. The van der Waals surface area contributed by atoms with Gasteiger partial charge in [0.2, 0.25) is 11.9 Å². The van der Waals surface area contributed by atoms with Gasteiger partial charge >= 0.3 is 0 Å². The predicted octanol–water partition coefficient (Wildman–Crippen LogP) is 1.03. The summed E-state index contributed by atoms with van der Waals surface area (Å²) in [5.41, 5.74) is 5.51. The quantitative estimate of drug-likeness (QED) is 0.647. The highest BCUT2D eigenvalue weighted by Gasteiger charge is 2.25. The summed E-state index contributed by atoms with van der Waals surface area (Å²) >= 11 is 0. The van der Waals surface area contributed by atoms with Crippen LogP contribution in [0.5, 0.6) is 0 Å². The van der Waals surface area contributed by atoms with E-state index in [0.29, 0.717) is 11.0 Å². The molecule has 0 aliphatic carbocycles. The van der Waals surface area contributed by atoms with Crippen LogP contribution in [-0.2, 0) is 4.79 Å². The minimum atomic E-state index is -0.771. The second-order valence-corrected chi connectivity index (χ2v) is 6.15. The summed E-state index contributed by atoms with van der Waals surface area (Å²) in [4.78, 5) is 30.7. The van der Waals surface area contributed by atoms with Crippen LogP contribution in [0.25, 0.3) is 16.7 Å². The molecule has 0 bridgehead atoms. The third-order valence-electron chi connectivity index (χ3n) is 3.80. The maximum atomic E-state index is 12.2. The van der Waals surface area contributed by atoms with Gasteiger partial charge in [-0.25, -0.2) is 4.68 Å². The average Bonchev–Trinajstić information content (AvgIpc) is 2.98. The van der Waals surface area contributed by atoms with Crippen molar-refractivity contribution in [1.29, 1.82) is 0 Å². The highest BCUT2D eigenvalue weighted by Crippen LogP contribution is 2.17. The summed E-state index contributed by atoms with van der Waals surface area (Å²) in [5.74, 6) is -0.174. The van der Waals surface area contributed by atoms with Crippen LogP contribution >= 0.6 is 0 Å². The Bertz CT molecular complexity index is 942. The number of hydrogen-bond donors (Lipinski definition) is 3. The van der Waals surface area contributed by atoms with Crippen molar-refractivity contribution in [2.75, 3.05) is 11.9 Å². The second-order valence-electron chi connectivity index (χ2n) is 6.15. The normalized spacial score (nSPS) is 11.6. The summed E-state index contributed by atoms with van der Waals surface area (Å²) < 4.78 is 1.59. The maximum Gasteiger partial charge on any atom is 0.263 e. The number of rotatable bonds is 5. The first kappa shape index (κ1) is 15.7. The van der Waals surface area contributed by atoms with Crippen LogP contribution < -0.4 is 16.6 Å². The molecule has 3 aromatic rings. The third kappa shape index (κ3) is 2.85. The van der Waals surface area contributed by atoms with Gasteiger partial charge in [-0.15, -0.1) is 0 Å². The van der Waals surface area contributed by atoms with Gasteiger partial charge in [0.15, 0.2) is 5.65 Å². The molecule has 1 amide bonds. The van der Waals surface area contributed by atoms with Crippen LogP contribution in [-0.4, -0.2) is 32.2 Å². The van der Waals surface area contributed by atoms with E-state index in [1.807, 2.05) is 30.3 Å². The third-order valence-corrected chi connectivity index (χ3v) is 3.80. The number of H-pyrrole nitrogens is 1. The van der Waals surface area contributed by atoms with Crippen LogP contribution in [0, 0.1) is 5.41 Å². The number of carbonyl (C=O) groups is 1. The van der Waals surface area contributed by atoms with Gasteiger partial charge in [0.1, 0.15) is 5.39 Å². The molecule has 8 heteroatoms. The molecule has 1 aromatic carbocycles. The number of nitrogens with one attached hydrogen (secondary N) is 2. The Morgan fingerprint density at radius 3 is 2.71 bits per heavy atom. The number of para-hydroxylation sites is 1. The van der Waals surface area contributed by atoms with E-state index in [-0.39, 0.29) is 18.1 Å². The van der Waals surface area contributed by atoms with Crippen LogP contribution in [0.1, 0.15) is 13.8 Å². The van der Waals surface area contributed by atoms with Gasteiger partial charge in [0.25, 0.3) is 5.56 Å². The van der Waals surface area contributed by atoms with E-state index in [9.17, 15) is 9.59 Å². The van der Waals surface area contributed by atoms with Crippen LogP contribution in [0.2, 0.25) is 0 Å². The molecule has 2 aromatic heterocycles. The average molecular weight is 326 g/mol. The van der Waals surface area contributed by atoms with Crippen molar-refractivity contribution >= 4 is 22.9 Å². The number of benzene rings is 1. The Morgan fingerprint density at radius 2 is 2.04 bits per heavy atom. The highest BCUT2D eigenvalue weighted by atomic mass is 16.1. The van der Waals surface area contributed by atoms with Crippen molar-refractivity contribution in [1.82, 2.24) is 19.7 Å². The first-order valence-corrected chi connectivity index (χ1v) is 7.46. The lowest BCUT2D eigenvalue weighted by molar-refractivity contribution is -0.125. The molecule has 0 aliphatic rings. The molecule has 4 N–H and O–H groups in total. The first-order valence-electron chi connectivity index (χ1n) is 7.46. The van der Waals surface area contributed by atoms with E-state index in [2.05, 4.69) is 20.4 Å². The summed E-state index contributed by atoms with van der Waals surface area (Å²) in [6.45, 7) is 3.68. The van der Waals surface area contributed by atoms with Crippen LogP contribution in [0.15, 0.2) is 41.3 Å². The zero-order chi connectivity index (χ0) is 17.3. The Labute approximate surface area is 137 Å². The number of aromatic amines is 1. The summed E-state index contributed by atoms with van der Waals surface area (Å²) in [7, 11) is 0. The summed E-state index contributed by atoms with van der Waals surface area (Å²) in [5, 5.41) is 7.58. The zero-order valence-corrected chi connectivity index (χ0v) is 13.4. The molecule has 24 heavy (non-hydrogen) atoms. The second kappa shape index (κ2) is 5.80. The maximum absolute atomic E-state index is 12.2. The lowest BCUT2D eigenvalue weighted by atomic mass is 9.93. The van der Waals surface area contributed by atoms with E-state index in [1.165, 1.54) is 6.20 Å². The Morgan fingerprint density at radius 1 is 1.33 bits per heavy atom. The molecular weight excluding hydrogens is 308 g/mol. The minimum absolute atomic E-state index is 0.246. The van der Waals surface area contributed by atoms with E-state index < -0.39 is 11.3 Å². The van der Waals surface area contributed by atoms with Gasteiger partial charge in [0.05, 0.1) is 17.3 Å². The molecular formula is C16H18N6O2. The van der Waals surface area contributed by atoms with Gasteiger partial charge in [-0.05, 0) is 26.0 Å². The molecule has 0 fully saturated rings. The van der Waals surface area contributed by atoms with Crippen molar-refractivity contribution in [3.8, 4) is 5.69 Å². The number of nitrogens with zero attached hydrogens (tertiary/aromatic N) is 3. The van der Waals surface area contributed by atoms with Crippen molar-refractivity contribution < 1.29 is 4.79 Å². The van der Waals surface area contributed by atoms with E-state index in [4.69, 9.17) is 5.73 Å². The van der Waals surface area contributed by atoms with Crippen LogP contribution in [0.3, 0.4) is 0 Å². The standard InChI is InChI=1S/C16H18N6O2/c1-16(2,14(17)24)9-18-15-20-12-11(13(23)21-15)8-19-22(12)10-6-4-3-5-7-10/h3-8H,9H2,1-2H3,(H2,17,24)(H2,18,20,21,23). The van der Waals surface area contributed by atoms with Gasteiger partial charge < -0.3 is 11.1 Å². The molecule has 0 spiro atoms. The number of fused-ring (bicyclic) bond motifs is 1. The van der Waals surface area contributed by atoms with Crippen molar-refractivity contribution in [3.63, 3.8) is 0 Å². The largest absolute Gasteiger partial charge is 0.369 e. The topological polar surface area (TPSA) is 119 Å². The zero-order valence-electron chi connectivity index (χ0n) is 13.4. The fraction of sp³-hybridized carbons (Fsp3) is 0.250. The number of carbonyl (C=O) groups excluding carboxylic acids is 1. The molecule has 124 valence electrons. The minimum Gasteiger partial charge on any atom is -0.369 e. The molecule has 0 saturated heterocycles. The van der Waals surface area contributed by atoms with Gasteiger partial charge in [-0.1, -0.05) is 18.2 Å². The lowest BCUT2D eigenvalue weighted by Gasteiger charge is -2.20. The van der Waals surface area contributed by atoms with Crippen LogP contribution in [0.4, 0.5) is 5.95 Å². The number of anilines is 1. The molecule has 0 saturated carbocycles. The number of nitrogens with two attached hydrogens (primary N) is 1. The van der Waals surface area contributed by atoms with Gasteiger partial charge in [-0.3, -0.25) is 14.6 Å². The molecule has 3 rings (SSSR count). The van der Waals surface area contributed by atoms with E-state index in [0.717, 1.165) is 5.69 Å². The van der Waals surface area contributed by atoms with Crippen molar-refractivity contribution in [2.45, 2.75) is 13.8 Å². The van der Waals surface area contributed by atoms with Crippen molar-refractivity contribution in [2.24, 2.45) is 11.1 Å². The number of aromatic nitrogens is 4. The number of primary amides is 1. The summed E-state index contributed by atoms with van der Waals surface area (Å²) in [6, 6.07) is 9.40. The van der Waals surface area contributed by atoms with E-state index in [1.54, 1.807) is 18.5 Å². The Hall–Kier alpha value is -3.16. The summed E-state index contributed by atoms with van der Waals surface area (Å²) in [6.07, 6.45) is 1.48.